The summed E-state index contributed by atoms with van der Waals surface area (Å²) in [6, 6.07) is 0. The molecule has 0 amide bonds. The fourth-order valence-corrected chi connectivity index (χ4v) is 7.40. The first-order chi connectivity index (χ1) is 31.5. The summed E-state index contributed by atoms with van der Waals surface area (Å²) in [6.07, 6.45) is 66.1. The van der Waals surface area contributed by atoms with Crippen LogP contribution in [0, 0.1) is 0 Å². The van der Waals surface area contributed by atoms with Gasteiger partial charge in [-0.2, -0.15) is 0 Å². The minimum absolute atomic E-state index is 0.0790. The van der Waals surface area contributed by atoms with Crippen molar-refractivity contribution in [1.29, 1.82) is 0 Å². The van der Waals surface area contributed by atoms with Gasteiger partial charge in [-0.25, -0.2) is 0 Å². The highest BCUT2D eigenvalue weighted by atomic mass is 16.6. The molecule has 0 heterocycles. The lowest BCUT2D eigenvalue weighted by Crippen LogP contribution is -2.30. The van der Waals surface area contributed by atoms with Gasteiger partial charge in [0.25, 0.3) is 0 Å². The molecule has 1 atom stereocenters. The van der Waals surface area contributed by atoms with Crippen LogP contribution in [0.15, 0.2) is 72.9 Å². The maximum atomic E-state index is 12.8. The van der Waals surface area contributed by atoms with E-state index < -0.39 is 6.10 Å². The Labute approximate surface area is 395 Å². The van der Waals surface area contributed by atoms with Crippen LogP contribution in [0.25, 0.3) is 0 Å². The van der Waals surface area contributed by atoms with Gasteiger partial charge in [0.2, 0.25) is 0 Å². The molecule has 6 nitrogen and oxygen atoms in total. The molecule has 0 rings (SSSR count). The van der Waals surface area contributed by atoms with Crippen molar-refractivity contribution in [3.8, 4) is 0 Å². The van der Waals surface area contributed by atoms with Crippen molar-refractivity contribution < 1.29 is 28.6 Å². The zero-order valence-corrected chi connectivity index (χ0v) is 42.0. The van der Waals surface area contributed by atoms with Gasteiger partial charge in [0.05, 0.1) is 0 Å². The molecule has 0 bridgehead atoms. The van der Waals surface area contributed by atoms with E-state index >= 15 is 0 Å². The third kappa shape index (κ3) is 49.9. The van der Waals surface area contributed by atoms with Crippen LogP contribution in [0.5, 0.6) is 0 Å². The molecule has 6 heteroatoms. The minimum Gasteiger partial charge on any atom is -0.462 e. The molecule has 0 aliphatic heterocycles. The third-order valence-corrected chi connectivity index (χ3v) is 11.4. The summed E-state index contributed by atoms with van der Waals surface area (Å²) in [6.45, 7) is 6.47. The smallest absolute Gasteiger partial charge is 0.306 e. The first-order valence-corrected chi connectivity index (χ1v) is 26.9. The molecule has 0 aromatic heterocycles. The lowest BCUT2D eigenvalue weighted by molar-refractivity contribution is -0.167. The third-order valence-electron chi connectivity index (χ3n) is 11.4. The zero-order chi connectivity index (χ0) is 46.5. The Kier molecular flexibility index (Phi) is 49.9. The van der Waals surface area contributed by atoms with Gasteiger partial charge in [0, 0.05) is 19.3 Å². The fourth-order valence-electron chi connectivity index (χ4n) is 7.40. The average molecular weight is 893 g/mol. The summed E-state index contributed by atoms with van der Waals surface area (Å²) in [5.41, 5.74) is 0. The van der Waals surface area contributed by atoms with E-state index in [9.17, 15) is 14.4 Å². The van der Waals surface area contributed by atoms with E-state index in [0.29, 0.717) is 19.3 Å². The normalized spacial score (nSPS) is 12.6. The SMILES string of the molecule is CC/C=C\C/C=C\C/C=C\C/C=C\C/C=C\CCCCCCCCCCCC(=O)OCC(COC(=O)CCCCCCCCCC)OC(=O)CCCCCCC/C=C\CCCCCC. The lowest BCUT2D eigenvalue weighted by atomic mass is 10.1. The van der Waals surface area contributed by atoms with Crippen molar-refractivity contribution in [3.05, 3.63) is 72.9 Å². The van der Waals surface area contributed by atoms with Gasteiger partial charge in [-0.15, -0.1) is 0 Å². The average Bonchev–Trinajstić information content (AvgIpc) is 3.29. The molecule has 0 aliphatic carbocycles. The van der Waals surface area contributed by atoms with Crippen molar-refractivity contribution in [1.82, 2.24) is 0 Å². The van der Waals surface area contributed by atoms with Crippen LogP contribution in [0.4, 0.5) is 0 Å². The second kappa shape index (κ2) is 52.5. The van der Waals surface area contributed by atoms with Crippen LogP contribution in [0.1, 0.15) is 258 Å². The predicted molar refractivity (Wildman–Crippen MR) is 274 cm³/mol. The highest BCUT2D eigenvalue weighted by molar-refractivity contribution is 5.71. The molecule has 0 aromatic carbocycles. The zero-order valence-electron chi connectivity index (χ0n) is 42.0. The first kappa shape index (κ1) is 60.9. The Morgan fingerprint density at radius 2 is 0.609 bits per heavy atom. The molecule has 0 saturated carbocycles. The molecule has 0 radical (unpaired) electrons. The number of hydrogen-bond donors (Lipinski definition) is 0. The number of carbonyl (C=O) groups is 3. The Hall–Kier alpha value is -3.15. The summed E-state index contributed by atoms with van der Waals surface area (Å²) < 4.78 is 16.7. The first-order valence-electron chi connectivity index (χ1n) is 26.9. The Balaban J connectivity index is 4.21. The number of carbonyl (C=O) groups excluding carboxylic acids is 3. The lowest BCUT2D eigenvalue weighted by Gasteiger charge is -2.18. The highest BCUT2D eigenvalue weighted by Gasteiger charge is 2.19. The van der Waals surface area contributed by atoms with E-state index in [2.05, 4.69) is 93.7 Å². The van der Waals surface area contributed by atoms with E-state index in [1.54, 1.807) is 0 Å². The molecular weight excluding hydrogens is 793 g/mol. The Bertz CT molecular complexity index is 1210. The Morgan fingerprint density at radius 1 is 0.328 bits per heavy atom. The second-order valence-corrected chi connectivity index (χ2v) is 17.8. The highest BCUT2D eigenvalue weighted by Crippen LogP contribution is 2.15. The summed E-state index contributed by atoms with van der Waals surface area (Å²) >= 11 is 0. The van der Waals surface area contributed by atoms with Gasteiger partial charge in [-0.3, -0.25) is 14.4 Å². The number of esters is 3. The van der Waals surface area contributed by atoms with E-state index in [0.717, 1.165) is 109 Å². The molecule has 0 aliphatic rings. The molecule has 0 fully saturated rings. The van der Waals surface area contributed by atoms with E-state index in [4.69, 9.17) is 14.2 Å². The molecular formula is C58H100O6. The van der Waals surface area contributed by atoms with E-state index in [1.807, 2.05) is 0 Å². The molecule has 368 valence electrons. The monoisotopic (exact) mass is 893 g/mol. The molecule has 0 spiro atoms. The molecule has 0 N–H and O–H groups in total. The van der Waals surface area contributed by atoms with Crippen LogP contribution in [0.3, 0.4) is 0 Å². The molecule has 0 saturated heterocycles. The topological polar surface area (TPSA) is 78.9 Å². The maximum Gasteiger partial charge on any atom is 0.306 e. The van der Waals surface area contributed by atoms with E-state index in [1.165, 1.54) is 109 Å². The van der Waals surface area contributed by atoms with E-state index in [-0.39, 0.29) is 31.1 Å². The van der Waals surface area contributed by atoms with Gasteiger partial charge < -0.3 is 14.2 Å². The minimum atomic E-state index is -0.778. The van der Waals surface area contributed by atoms with Gasteiger partial charge in [0.15, 0.2) is 6.10 Å². The summed E-state index contributed by atoms with van der Waals surface area (Å²) in [4.78, 5) is 37.9. The number of ether oxygens (including phenoxy) is 3. The number of hydrogen-bond acceptors (Lipinski definition) is 6. The predicted octanol–water partition coefficient (Wildman–Crippen LogP) is 17.8. The molecule has 0 aromatic rings. The van der Waals surface area contributed by atoms with Crippen molar-refractivity contribution in [3.63, 3.8) is 0 Å². The maximum absolute atomic E-state index is 12.8. The van der Waals surface area contributed by atoms with Crippen LogP contribution in [-0.4, -0.2) is 37.2 Å². The fraction of sp³-hybridized carbons (Fsp3) is 0.741. The summed E-state index contributed by atoms with van der Waals surface area (Å²) in [7, 11) is 0. The van der Waals surface area contributed by atoms with Gasteiger partial charge in [0.1, 0.15) is 13.2 Å². The van der Waals surface area contributed by atoms with Crippen LogP contribution >= 0.6 is 0 Å². The largest absolute Gasteiger partial charge is 0.462 e. The number of rotatable bonds is 48. The standard InChI is InChI=1S/C58H100O6/c1-4-7-10-13-16-19-21-23-24-25-26-27-28-29-30-31-32-33-34-36-37-39-42-45-48-51-57(60)63-54-55(53-62-56(59)50-47-44-41-18-15-12-9-6-3)64-58(61)52-49-46-43-40-38-35-22-20-17-14-11-8-5-2/h7,10,16,19-20,22-24,26-27,29-30,55H,4-6,8-9,11-15,17-18,21,25,28,31-54H2,1-3H3/b10-7-,19-16-,22-20-,24-23-,27-26-,30-29-. The van der Waals surface area contributed by atoms with Gasteiger partial charge in [-0.05, 0) is 89.9 Å². The summed E-state index contributed by atoms with van der Waals surface area (Å²) in [5, 5.41) is 0. The summed E-state index contributed by atoms with van der Waals surface area (Å²) in [5.74, 6) is -0.896. The van der Waals surface area contributed by atoms with Crippen molar-refractivity contribution >= 4 is 17.9 Å². The van der Waals surface area contributed by atoms with Crippen LogP contribution in [0.2, 0.25) is 0 Å². The number of unbranched alkanes of at least 4 members (excludes halogenated alkanes) is 25. The van der Waals surface area contributed by atoms with Crippen molar-refractivity contribution in [2.75, 3.05) is 13.2 Å². The molecule has 1 unspecified atom stereocenters. The van der Waals surface area contributed by atoms with Crippen LogP contribution in [-0.2, 0) is 28.6 Å². The van der Waals surface area contributed by atoms with Crippen LogP contribution < -0.4 is 0 Å². The quantitative estimate of drug-likeness (QED) is 0.0262. The van der Waals surface area contributed by atoms with Crippen molar-refractivity contribution in [2.24, 2.45) is 0 Å². The number of allylic oxidation sites excluding steroid dienone is 12. The van der Waals surface area contributed by atoms with Crippen molar-refractivity contribution in [2.45, 2.75) is 264 Å². The van der Waals surface area contributed by atoms with Gasteiger partial charge in [-0.1, -0.05) is 222 Å². The van der Waals surface area contributed by atoms with Gasteiger partial charge >= 0.3 is 17.9 Å². The molecule has 64 heavy (non-hydrogen) atoms. The Morgan fingerprint density at radius 3 is 0.984 bits per heavy atom. The second-order valence-electron chi connectivity index (χ2n) is 17.8.